The molecule has 1 aliphatic heterocycles. The Kier molecular flexibility index (Phi) is 5.33. The predicted molar refractivity (Wildman–Crippen MR) is 116 cm³/mol. The van der Waals surface area contributed by atoms with Crippen molar-refractivity contribution in [3.05, 3.63) is 98.4 Å². The van der Waals surface area contributed by atoms with E-state index < -0.39 is 6.04 Å². The topological polar surface area (TPSA) is 49.4 Å². The fourth-order valence-electron chi connectivity index (χ4n) is 3.45. The number of halogens is 2. The largest absolute Gasteiger partial charge is 0.324 e. The first kappa shape index (κ1) is 18.9. The Morgan fingerprint density at radius 1 is 0.964 bits per heavy atom. The second-order valence-corrected chi connectivity index (χ2v) is 8.28. The van der Waals surface area contributed by atoms with Crippen LogP contribution in [-0.4, -0.2) is 23.3 Å². The third-order valence-electron chi connectivity index (χ3n) is 4.69. The summed E-state index contributed by atoms with van der Waals surface area (Å²) < 4.78 is 1.59. The second kappa shape index (κ2) is 7.89. The van der Waals surface area contributed by atoms with Gasteiger partial charge in [-0.1, -0.05) is 58.4 Å². The van der Waals surface area contributed by atoms with Crippen molar-refractivity contribution in [3.63, 3.8) is 0 Å². The number of hydrogen-bond acceptors (Lipinski definition) is 2. The summed E-state index contributed by atoms with van der Waals surface area (Å²) in [6, 6.07) is 22.3. The lowest BCUT2D eigenvalue weighted by Gasteiger charge is -2.31. The molecule has 0 spiro atoms. The van der Waals surface area contributed by atoms with Crippen molar-refractivity contribution >= 4 is 49.4 Å². The quantitative estimate of drug-likeness (QED) is 0.513. The monoisotopic (exact) mass is 498 g/mol. The van der Waals surface area contributed by atoms with E-state index in [9.17, 15) is 9.59 Å². The molecule has 0 aromatic heterocycles. The molecule has 4 rings (SSSR count). The molecular weight excluding hydrogens is 484 g/mol. The van der Waals surface area contributed by atoms with Gasteiger partial charge in [0.25, 0.3) is 5.91 Å². The lowest BCUT2D eigenvalue weighted by molar-refractivity contribution is -0.117. The third-order valence-corrected chi connectivity index (χ3v) is 5.87. The molecule has 3 aromatic carbocycles. The van der Waals surface area contributed by atoms with E-state index in [1.165, 1.54) is 0 Å². The molecule has 0 saturated carbocycles. The van der Waals surface area contributed by atoms with E-state index in [2.05, 4.69) is 37.2 Å². The highest BCUT2D eigenvalue weighted by Crippen LogP contribution is 2.38. The molecule has 4 nitrogen and oxygen atoms in total. The van der Waals surface area contributed by atoms with Gasteiger partial charge in [0.1, 0.15) is 6.54 Å². The summed E-state index contributed by atoms with van der Waals surface area (Å²) in [6.45, 7) is -0.0357. The fraction of sp³-hybridized carbons (Fsp3) is 0.0909. The average Bonchev–Trinajstić information content (AvgIpc) is 2.84. The number of fused-ring (bicyclic) bond motifs is 1. The van der Waals surface area contributed by atoms with E-state index >= 15 is 0 Å². The summed E-state index contributed by atoms with van der Waals surface area (Å²) >= 11 is 6.98. The molecule has 28 heavy (non-hydrogen) atoms. The molecule has 0 radical (unpaired) electrons. The number of rotatable bonds is 2. The molecular formula is C22H16Br2N2O2. The molecule has 1 atom stereocenters. The Morgan fingerprint density at radius 3 is 2.43 bits per heavy atom. The van der Waals surface area contributed by atoms with Crippen LogP contribution >= 0.6 is 31.9 Å². The van der Waals surface area contributed by atoms with Crippen LogP contribution in [0.5, 0.6) is 0 Å². The molecule has 0 saturated heterocycles. The summed E-state index contributed by atoms with van der Waals surface area (Å²) in [5.41, 5.74) is 3.05. The van der Waals surface area contributed by atoms with E-state index in [0.717, 1.165) is 15.6 Å². The number of nitrogens with one attached hydrogen (secondary N) is 1. The molecule has 1 unspecified atom stereocenters. The Morgan fingerprint density at radius 2 is 1.68 bits per heavy atom. The maximum absolute atomic E-state index is 13.5. The highest BCUT2D eigenvalue weighted by atomic mass is 79.9. The van der Waals surface area contributed by atoms with Crippen LogP contribution in [-0.2, 0) is 4.79 Å². The summed E-state index contributed by atoms with van der Waals surface area (Å²) in [5.74, 6) is -0.424. The van der Waals surface area contributed by atoms with Gasteiger partial charge in [0.2, 0.25) is 5.91 Å². The molecule has 0 fully saturated rings. The van der Waals surface area contributed by atoms with Crippen molar-refractivity contribution in [2.45, 2.75) is 6.04 Å². The molecule has 1 heterocycles. The Labute approximate surface area is 179 Å². The zero-order chi connectivity index (χ0) is 19.7. The van der Waals surface area contributed by atoms with Crippen molar-refractivity contribution in [3.8, 4) is 0 Å². The van der Waals surface area contributed by atoms with E-state index in [0.29, 0.717) is 15.7 Å². The number of carbonyl (C=O) groups excluding carboxylic acids is 2. The van der Waals surface area contributed by atoms with Crippen LogP contribution in [0.15, 0.2) is 81.7 Å². The summed E-state index contributed by atoms with van der Waals surface area (Å²) in [5, 5.41) is 2.93. The molecule has 6 heteroatoms. The van der Waals surface area contributed by atoms with E-state index in [1.54, 1.807) is 11.0 Å². The van der Waals surface area contributed by atoms with Gasteiger partial charge in [0.15, 0.2) is 0 Å². The Hall–Kier alpha value is -2.44. The number of benzene rings is 3. The molecule has 140 valence electrons. The maximum atomic E-state index is 13.5. The number of anilines is 1. The van der Waals surface area contributed by atoms with Crippen LogP contribution in [0.1, 0.15) is 27.5 Å². The van der Waals surface area contributed by atoms with Gasteiger partial charge in [-0.3, -0.25) is 9.59 Å². The first-order valence-electron chi connectivity index (χ1n) is 8.74. The second-order valence-electron chi connectivity index (χ2n) is 6.51. The van der Waals surface area contributed by atoms with Crippen LogP contribution in [0.2, 0.25) is 0 Å². The number of carbonyl (C=O) groups is 2. The van der Waals surface area contributed by atoms with E-state index in [-0.39, 0.29) is 18.4 Å². The van der Waals surface area contributed by atoms with Gasteiger partial charge < -0.3 is 10.2 Å². The van der Waals surface area contributed by atoms with Gasteiger partial charge in [-0.2, -0.15) is 0 Å². The minimum absolute atomic E-state index is 0.0357. The normalized spacial score (nSPS) is 16.1. The van der Waals surface area contributed by atoms with Crippen LogP contribution < -0.4 is 5.32 Å². The van der Waals surface area contributed by atoms with Crippen LogP contribution in [0, 0.1) is 0 Å². The van der Waals surface area contributed by atoms with Gasteiger partial charge in [0, 0.05) is 20.2 Å². The summed E-state index contributed by atoms with van der Waals surface area (Å²) in [4.78, 5) is 27.7. The minimum Gasteiger partial charge on any atom is -0.324 e. The zero-order valence-electron chi connectivity index (χ0n) is 14.7. The van der Waals surface area contributed by atoms with E-state index in [4.69, 9.17) is 0 Å². The van der Waals surface area contributed by atoms with Crippen LogP contribution in [0.4, 0.5) is 5.69 Å². The van der Waals surface area contributed by atoms with Crippen LogP contribution in [0.25, 0.3) is 0 Å². The van der Waals surface area contributed by atoms with Gasteiger partial charge >= 0.3 is 0 Å². The molecule has 0 aliphatic carbocycles. The highest BCUT2D eigenvalue weighted by molar-refractivity contribution is 9.10. The van der Waals surface area contributed by atoms with E-state index in [1.807, 2.05) is 66.7 Å². The van der Waals surface area contributed by atoms with Crippen molar-refractivity contribution < 1.29 is 9.59 Å². The predicted octanol–water partition coefficient (Wildman–Crippen LogP) is 5.40. The van der Waals surface area contributed by atoms with Crippen molar-refractivity contribution in [1.29, 1.82) is 0 Å². The standard InChI is InChI=1S/C22H16Br2N2O2/c23-15-10-11-19-17(12-15)21(14-6-2-1-3-7-14)26(13-20(27)25-19)22(28)16-8-4-5-9-18(16)24/h1-12,21H,13H2,(H,25,27). The smallest absolute Gasteiger partial charge is 0.256 e. The van der Waals surface area contributed by atoms with Gasteiger partial charge in [0.05, 0.1) is 11.6 Å². The molecule has 0 bridgehead atoms. The number of nitrogens with zero attached hydrogens (tertiary/aromatic N) is 1. The van der Waals surface area contributed by atoms with Gasteiger partial charge in [-0.05, 0) is 51.8 Å². The first-order valence-corrected chi connectivity index (χ1v) is 10.3. The fourth-order valence-corrected chi connectivity index (χ4v) is 4.28. The molecule has 2 amide bonds. The Balaban J connectivity index is 1.91. The molecule has 1 aliphatic rings. The van der Waals surface area contributed by atoms with Gasteiger partial charge in [-0.15, -0.1) is 0 Å². The zero-order valence-corrected chi connectivity index (χ0v) is 17.9. The molecule has 1 N–H and O–H groups in total. The van der Waals surface area contributed by atoms with Crippen molar-refractivity contribution in [2.75, 3.05) is 11.9 Å². The third kappa shape index (κ3) is 3.62. The average molecular weight is 500 g/mol. The number of amides is 2. The van der Waals surface area contributed by atoms with Crippen LogP contribution in [0.3, 0.4) is 0 Å². The van der Waals surface area contributed by atoms with Crippen molar-refractivity contribution in [1.82, 2.24) is 4.90 Å². The highest BCUT2D eigenvalue weighted by Gasteiger charge is 2.34. The first-order chi connectivity index (χ1) is 13.5. The maximum Gasteiger partial charge on any atom is 0.256 e. The number of hydrogen-bond donors (Lipinski definition) is 1. The Bertz CT molecular complexity index is 1050. The SMILES string of the molecule is O=C1CN(C(=O)c2ccccc2Br)C(c2ccccc2)c2cc(Br)ccc2N1. The van der Waals surface area contributed by atoms with Gasteiger partial charge in [-0.25, -0.2) is 0 Å². The summed E-state index contributed by atoms with van der Waals surface area (Å²) in [6.07, 6.45) is 0. The van der Waals surface area contributed by atoms with Crippen molar-refractivity contribution in [2.24, 2.45) is 0 Å². The molecule has 3 aromatic rings. The lowest BCUT2D eigenvalue weighted by atomic mass is 9.95. The lowest BCUT2D eigenvalue weighted by Crippen LogP contribution is -2.39. The summed E-state index contributed by atoms with van der Waals surface area (Å²) in [7, 11) is 0. The minimum atomic E-state index is -0.396.